The molecule has 1 rings (SSSR count). The molecular weight excluding hydrogens is 233 g/mol. The molecule has 0 aromatic heterocycles. The summed E-state index contributed by atoms with van der Waals surface area (Å²) >= 11 is 0. The second kappa shape index (κ2) is 6.59. The molecule has 3 nitrogen and oxygen atoms in total. The van der Waals surface area contributed by atoms with Crippen molar-refractivity contribution >= 4 is 0 Å². The van der Waals surface area contributed by atoms with E-state index in [1.165, 1.54) is 13.2 Å². The fraction of sp³-hybridized carbons (Fsp3) is 0.571. The molecule has 0 aliphatic heterocycles. The van der Waals surface area contributed by atoms with Crippen molar-refractivity contribution in [1.29, 1.82) is 0 Å². The van der Waals surface area contributed by atoms with Crippen molar-refractivity contribution in [2.45, 2.75) is 26.3 Å². The van der Waals surface area contributed by atoms with E-state index in [2.05, 4.69) is 19.2 Å². The Labute approximate surface area is 108 Å². The van der Waals surface area contributed by atoms with Gasteiger partial charge in [-0.25, -0.2) is 4.39 Å². The third-order valence-electron chi connectivity index (χ3n) is 2.93. The van der Waals surface area contributed by atoms with Gasteiger partial charge in [-0.3, -0.25) is 0 Å². The molecule has 18 heavy (non-hydrogen) atoms. The van der Waals surface area contributed by atoms with Gasteiger partial charge in [-0.1, -0.05) is 13.8 Å². The van der Waals surface area contributed by atoms with Gasteiger partial charge in [-0.05, 0) is 25.5 Å². The zero-order valence-corrected chi connectivity index (χ0v) is 11.7. The maximum atomic E-state index is 14.1. The Balaban J connectivity index is 3.14. The third-order valence-corrected chi connectivity index (χ3v) is 2.93. The molecule has 1 unspecified atom stereocenters. The molecule has 1 aromatic rings. The van der Waals surface area contributed by atoms with Gasteiger partial charge in [0.25, 0.3) is 0 Å². The molecule has 0 aliphatic carbocycles. The fourth-order valence-electron chi connectivity index (χ4n) is 2.01. The van der Waals surface area contributed by atoms with Crippen molar-refractivity contribution in [3.8, 4) is 11.5 Å². The number of hydrogen-bond donors (Lipinski definition) is 1. The summed E-state index contributed by atoms with van der Waals surface area (Å²) < 4.78 is 24.4. The van der Waals surface area contributed by atoms with E-state index in [1.54, 1.807) is 13.2 Å². The Hall–Kier alpha value is -1.29. The number of hydrogen-bond acceptors (Lipinski definition) is 3. The second-order valence-corrected chi connectivity index (χ2v) is 4.70. The Morgan fingerprint density at radius 1 is 1.17 bits per heavy atom. The number of rotatable bonds is 6. The Kier molecular flexibility index (Phi) is 5.41. The van der Waals surface area contributed by atoms with E-state index >= 15 is 0 Å². The Morgan fingerprint density at radius 3 is 2.17 bits per heavy atom. The highest BCUT2D eigenvalue weighted by molar-refractivity contribution is 5.44. The van der Waals surface area contributed by atoms with Gasteiger partial charge in [0, 0.05) is 17.7 Å². The molecular formula is C14H22FNO2. The van der Waals surface area contributed by atoms with Crippen molar-refractivity contribution < 1.29 is 13.9 Å². The first-order chi connectivity index (χ1) is 8.53. The summed E-state index contributed by atoms with van der Waals surface area (Å²) in [7, 11) is 4.89. The lowest BCUT2D eigenvalue weighted by atomic mass is 9.96. The lowest BCUT2D eigenvalue weighted by Gasteiger charge is -2.21. The van der Waals surface area contributed by atoms with E-state index in [0.29, 0.717) is 23.0 Å². The minimum absolute atomic E-state index is 0.0233. The topological polar surface area (TPSA) is 30.5 Å². The lowest BCUT2D eigenvalue weighted by molar-refractivity contribution is 0.349. The molecule has 4 heteroatoms. The molecule has 0 saturated carbocycles. The molecule has 0 bridgehead atoms. The van der Waals surface area contributed by atoms with Gasteiger partial charge in [-0.15, -0.1) is 0 Å². The van der Waals surface area contributed by atoms with Crippen LogP contribution < -0.4 is 14.8 Å². The first kappa shape index (κ1) is 14.8. The molecule has 1 N–H and O–H groups in total. The van der Waals surface area contributed by atoms with Crippen LogP contribution in [0.2, 0.25) is 0 Å². The lowest BCUT2D eigenvalue weighted by Crippen LogP contribution is -2.19. The molecule has 0 aliphatic rings. The summed E-state index contributed by atoms with van der Waals surface area (Å²) in [4.78, 5) is 0. The summed E-state index contributed by atoms with van der Waals surface area (Å²) in [5.74, 6) is 1.18. The molecule has 1 aromatic carbocycles. The van der Waals surface area contributed by atoms with Crippen LogP contribution in [-0.4, -0.2) is 21.3 Å². The standard InChI is InChI=1S/C14H22FNO2/c1-9(2)6-12(16-3)10-7-13(17-4)14(18-5)8-11(10)15/h7-9,12,16H,6H2,1-5H3. The normalized spacial score (nSPS) is 12.6. The van der Waals surface area contributed by atoms with Crippen LogP contribution in [-0.2, 0) is 0 Å². The summed E-state index contributed by atoms with van der Waals surface area (Å²) in [5, 5.41) is 3.14. The van der Waals surface area contributed by atoms with E-state index < -0.39 is 0 Å². The highest BCUT2D eigenvalue weighted by atomic mass is 19.1. The van der Waals surface area contributed by atoms with Crippen LogP contribution in [0.1, 0.15) is 31.9 Å². The van der Waals surface area contributed by atoms with Crippen LogP contribution in [0, 0.1) is 11.7 Å². The molecule has 0 amide bonds. The molecule has 1 atom stereocenters. The highest BCUT2D eigenvalue weighted by Gasteiger charge is 2.19. The van der Waals surface area contributed by atoms with Gasteiger partial charge < -0.3 is 14.8 Å². The quantitative estimate of drug-likeness (QED) is 0.847. The largest absolute Gasteiger partial charge is 0.493 e. The number of ether oxygens (including phenoxy) is 2. The predicted octanol–water partition coefficient (Wildman–Crippen LogP) is 3.15. The van der Waals surface area contributed by atoms with Crippen LogP contribution in [0.4, 0.5) is 4.39 Å². The number of methoxy groups -OCH3 is 2. The number of nitrogens with one attached hydrogen (secondary N) is 1. The maximum absolute atomic E-state index is 14.1. The van der Waals surface area contributed by atoms with Crippen molar-refractivity contribution in [3.05, 3.63) is 23.5 Å². The molecule has 0 radical (unpaired) electrons. The predicted molar refractivity (Wildman–Crippen MR) is 70.8 cm³/mol. The minimum atomic E-state index is -0.271. The second-order valence-electron chi connectivity index (χ2n) is 4.70. The summed E-state index contributed by atoms with van der Waals surface area (Å²) in [6.45, 7) is 4.23. The first-order valence-electron chi connectivity index (χ1n) is 6.12. The van der Waals surface area contributed by atoms with Gasteiger partial charge in [0.15, 0.2) is 11.5 Å². The Bertz CT molecular complexity index is 394. The van der Waals surface area contributed by atoms with Crippen LogP contribution in [0.25, 0.3) is 0 Å². The highest BCUT2D eigenvalue weighted by Crippen LogP contribution is 2.34. The van der Waals surface area contributed by atoms with Crippen LogP contribution in [0.15, 0.2) is 12.1 Å². The van der Waals surface area contributed by atoms with Gasteiger partial charge in [0.2, 0.25) is 0 Å². The smallest absolute Gasteiger partial charge is 0.163 e. The Morgan fingerprint density at radius 2 is 1.72 bits per heavy atom. The van der Waals surface area contributed by atoms with E-state index in [4.69, 9.17) is 9.47 Å². The molecule has 0 spiro atoms. The fourth-order valence-corrected chi connectivity index (χ4v) is 2.01. The number of halogens is 1. The molecule has 0 heterocycles. The summed E-state index contributed by atoms with van der Waals surface area (Å²) in [5.41, 5.74) is 0.615. The van der Waals surface area contributed by atoms with Crippen LogP contribution >= 0.6 is 0 Å². The zero-order chi connectivity index (χ0) is 13.7. The minimum Gasteiger partial charge on any atom is -0.493 e. The van der Waals surface area contributed by atoms with Gasteiger partial charge >= 0.3 is 0 Å². The van der Waals surface area contributed by atoms with Gasteiger partial charge in [0.1, 0.15) is 5.82 Å². The number of benzene rings is 1. The van der Waals surface area contributed by atoms with Gasteiger partial charge in [-0.2, -0.15) is 0 Å². The van der Waals surface area contributed by atoms with Crippen LogP contribution in [0.3, 0.4) is 0 Å². The zero-order valence-electron chi connectivity index (χ0n) is 11.7. The van der Waals surface area contributed by atoms with E-state index in [-0.39, 0.29) is 11.9 Å². The summed E-state index contributed by atoms with van der Waals surface area (Å²) in [6, 6.07) is 3.06. The maximum Gasteiger partial charge on any atom is 0.163 e. The first-order valence-corrected chi connectivity index (χ1v) is 6.12. The van der Waals surface area contributed by atoms with Crippen molar-refractivity contribution in [2.75, 3.05) is 21.3 Å². The molecule has 0 saturated heterocycles. The average molecular weight is 255 g/mol. The van der Waals surface area contributed by atoms with Gasteiger partial charge in [0.05, 0.1) is 14.2 Å². The average Bonchev–Trinajstić information content (AvgIpc) is 2.35. The van der Waals surface area contributed by atoms with E-state index in [0.717, 1.165) is 6.42 Å². The van der Waals surface area contributed by atoms with Crippen LogP contribution in [0.5, 0.6) is 11.5 Å². The summed E-state index contributed by atoms with van der Waals surface area (Å²) in [6.07, 6.45) is 0.864. The van der Waals surface area contributed by atoms with Crippen molar-refractivity contribution in [2.24, 2.45) is 5.92 Å². The third kappa shape index (κ3) is 3.35. The van der Waals surface area contributed by atoms with Crippen molar-refractivity contribution in [1.82, 2.24) is 5.32 Å². The molecule has 102 valence electrons. The SMILES string of the molecule is CNC(CC(C)C)c1cc(OC)c(OC)cc1F. The van der Waals surface area contributed by atoms with E-state index in [1.807, 2.05) is 7.05 Å². The monoisotopic (exact) mass is 255 g/mol. The molecule has 0 fully saturated rings. The van der Waals surface area contributed by atoms with E-state index in [9.17, 15) is 4.39 Å². The van der Waals surface area contributed by atoms with Crippen molar-refractivity contribution in [3.63, 3.8) is 0 Å².